The molecule has 0 spiro atoms. The molecular weight excluding hydrogens is 388 g/mol. The normalized spacial score (nSPS) is 15.8. The highest BCUT2D eigenvalue weighted by Crippen LogP contribution is 2.17. The Morgan fingerprint density at radius 1 is 1.10 bits per heavy atom. The molecule has 4 N–H and O–H groups in total. The minimum Gasteiger partial charge on any atom is -0.491 e. The summed E-state index contributed by atoms with van der Waals surface area (Å²) in [6.07, 6.45) is 2.19. The molecule has 1 fully saturated rings. The van der Waals surface area contributed by atoms with E-state index in [1.165, 1.54) is 0 Å². The number of anilines is 1. The minimum atomic E-state index is -0.378. The minimum absolute atomic E-state index is 0.129. The van der Waals surface area contributed by atoms with Gasteiger partial charge in [-0.25, -0.2) is 4.79 Å². The number of nitrogens with one attached hydrogen (secondary N) is 4. The van der Waals surface area contributed by atoms with Gasteiger partial charge in [-0.05, 0) is 55.3 Å². The third kappa shape index (κ3) is 4.87. The van der Waals surface area contributed by atoms with Crippen LogP contribution in [0.4, 0.5) is 5.69 Å². The smallest absolute Gasteiger partial charge is 0.323 e. The van der Waals surface area contributed by atoms with E-state index in [0.717, 1.165) is 19.4 Å². The number of hydrogen-bond acceptors (Lipinski definition) is 5. The Morgan fingerprint density at radius 3 is 2.67 bits per heavy atom. The molecule has 1 aliphatic rings. The molecule has 1 unspecified atom stereocenters. The maximum atomic E-state index is 12.3. The summed E-state index contributed by atoms with van der Waals surface area (Å²) in [7, 11) is 0. The van der Waals surface area contributed by atoms with Gasteiger partial charge in [0.1, 0.15) is 12.4 Å². The van der Waals surface area contributed by atoms with Crippen molar-refractivity contribution in [3.8, 4) is 5.75 Å². The fourth-order valence-electron chi connectivity index (χ4n) is 3.25. The van der Waals surface area contributed by atoms with Gasteiger partial charge in [-0.3, -0.25) is 9.59 Å². The van der Waals surface area contributed by atoms with Crippen LogP contribution in [0.25, 0.3) is 11.0 Å². The molecular formula is C21H22N4O5. The van der Waals surface area contributed by atoms with Gasteiger partial charge in [0.25, 0.3) is 5.91 Å². The van der Waals surface area contributed by atoms with Gasteiger partial charge < -0.3 is 30.1 Å². The Labute approximate surface area is 171 Å². The largest absolute Gasteiger partial charge is 0.491 e. The zero-order valence-corrected chi connectivity index (χ0v) is 16.2. The zero-order valence-electron chi connectivity index (χ0n) is 16.2. The maximum Gasteiger partial charge on any atom is 0.323 e. The highest BCUT2D eigenvalue weighted by atomic mass is 16.5. The number of ether oxygens (including phenoxy) is 2. The number of hydrogen-bond donors (Lipinski definition) is 4. The molecule has 1 aromatic heterocycles. The predicted molar refractivity (Wildman–Crippen MR) is 111 cm³/mol. The van der Waals surface area contributed by atoms with Crippen molar-refractivity contribution >= 4 is 28.5 Å². The van der Waals surface area contributed by atoms with Gasteiger partial charge in [0.05, 0.1) is 23.7 Å². The van der Waals surface area contributed by atoms with Crippen LogP contribution in [-0.4, -0.2) is 47.6 Å². The molecule has 2 aromatic carbocycles. The van der Waals surface area contributed by atoms with Crippen LogP contribution in [0.1, 0.15) is 23.2 Å². The Bertz CT molecular complexity index is 1100. The number of aromatic nitrogens is 2. The first-order valence-corrected chi connectivity index (χ1v) is 9.71. The van der Waals surface area contributed by atoms with E-state index < -0.39 is 0 Å². The second-order valence-corrected chi connectivity index (χ2v) is 7.04. The van der Waals surface area contributed by atoms with Crippen molar-refractivity contribution in [2.24, 2.45) is 0 Å². The predicted octanol–water partition coefficient (Wildman–Crippen LogP) is 1.78. The van der Waals surface area contributed by atoms with E-state index in [1.54, 1.807) is 42.5 Å². The molecule has 3 aromatic rings. The van der Waals surface area contributed by atoms with Crippen molar-refractivity contribution < 1.29 is 19.1 Å². The lowest BCUT2D eigenvalue weighted by Gasteiger charge is -2.12. The van der Waals surface area contributed by atoms with Gasteiger partial charge in [-0.2, -0.15) is 0 Å². The van der Waals surface area contributed by atoms with Crippen LogP contribution in [0, 0.1) is 0 Å². The summed E-state index contributed by atoms with van der Waals surface area (Å²) in [4.78, 5) is 40.9. The van der Waals surface area contributed by atoms with Crippen molar-refractivity contribution in [3.05, 3.63) is 58.5 Å². The number of imidazole rings is 1. The van der Waals surface area contributed by atoms with Gasteiger partial charge in [0, 0.05) is 17.9 Å². The Balaban J connectivity index is 1.25. The zero-order chi connectivity index (χ0) is 20.9. The number of aromatic amines is 2. The third-order valence-corrected chi connectivity index (χ3v) is 4.79. The Hall–Kier alpha value is -3.59. The lowest BCUT2D eigenvalue weighted by atomic mass is 10.2. The van der Waals surface area contributed by atoms with Gasteiger partial charge in [0.15, 0.2) is 0 Å². The highest BCUT2D eigenvalue weighted by molar-refractivity contribution is 5.99. The van der Waals surface area contributed by atoms with Crippen LogP contribution in [0.3, 0.4) is 0 Å². The van der Waals surface area contributed by atoms with Crippen molar-refractivity contribution in [1.82, 2.24) is 15.3 Å². The van der Waals surface area contributed by atoms with Gasteiger partial charge in [-0.1, -0.05) is 0 Å². The second-order valence-electron chi connectivity index (χ2n) is 7.04. The molecule has 30 heavy (non-hydrogen) atoms. The molecule has 1 atom stereocenters. The first kappa shape index (κ1) is 19.7. The first-order valence-electron chi connectivity index (χ1n) is 9.71. The molecule has 9 nitrogen and oxygen atoms in total. The topological polar surface area (TPSA) is 125 Å². The van der Waals surface area contributed by atoms with Crippen LogP contribution in [0.5, 0.6) is 5.75 Å². The van der Waals surface area contributed by atoms with E-state index in [1.807, 2.05) is 0 Å². The lowest BCUT2D eigenvalue weighted by Crippen LogP contribution is -2.32. The van der Waals surface area contributed by atoms with E-state index in [-0.39, 0.29) is 30.2 Å². The standard InChI is InChI=1S/C21H22N4O5/c26-19(23-14-5-8-17-18(10-14)25-21(28)24-17)11-22-20(27)13-3-6-15(7-4-13)30-12-16-2-1-9-29-16/h3-8,10,16H,1-2,9,11-12H2,(H,22,27)(H,23,26)(H2,24,25,28). The first-order chi connectivity index (χ1) is 14.6. The SMILES string of the molecule is O=C(CNC(=O)c1ccc(OCC2CCCO2)cc1)Nc1ccc2[nH]c(=O)[nH]c2c1. The number of carbonyl (C=O) groups excluding carboxylic acids is 2. The molecule has 0 radical (unpaired) electrons. The van der Waals surface area contributed by atoms with Crippen LogP contribution in [0.15, 0.2) is 47.3 Å². The molecule has 0 saturated carbocycles. The Morgan fingerprint density at radius 2 is 1.90 bits per heavy atom. The quantitative estimate of drug-likeness (QED) is 0.473. The summed E-state index contributed by atoms with van der Waals surface area (Å²) in [6, 6.07) is 11.7. The summed E-state index contributed by atoms with van der Waals surface area (Å²) in [6.45, 7) is 1.09. The molecule has 0 aliphatic carbocycles. The molecule has 1 aliphatic heterocycles. The monoisotopic (exact) mass is 410 g/mol. The number of benzene rings is 2. The molecule has 2 amide bonds. The van der Waals surface area contributed by atoms with E-state index in [4.69, 9.17) is 9.47 Å². The summed E-state index contributed by atoms with van der Waals surface area (Å²) >= 11 is 0. The van der Waals surface area contributed by atoms with Crippen LogP contribution in [-0.2, 0) is 9.53 Å². The molecule has 156 valence electrons. The number of carbonyl (C=O) groups is 2. The van der Waals surface area contributed by atoms with Crippen molar-refractivity contribution in [2.45, 2.75) is 18.9 Å². The Kier molecular flexibility index (Phi) is 5.80. The van der Waals surface area contributed by atoms with Crippen molar-refractivity contribution in [2.75, 3.05) is 25.1 Å². The maximum absolute atomic E-state index is 12.3. The number of fused-ring (bicyclic) bond motifs is 1. The molecule has 9 heteroatoms. The number of amides is 2. The summed E-state index contributed by atoms with van der Waals surface area (Å²) in [5, 5.41) is 5.26. The van der Waals surface area contributed by atoms with Crippen LogP contribution < -0.4 is 21.1 Å². The summed E-state index contributed by atoms with van der Waals surface area (Å²) < 4.78 is 11.2. The van der Waals surface area contributed by atoms with E-state index in [9.17, 15) is 14.4 Å². The van der Waals surface area contributed by atoms with Gasteiger partial charge >= 0.3 is 5.69 Å². The third-order valence-electron chi connectivity index (χ3n) is 4.79. The average Bonchev–Trinajstić information content (AvgIpc) is 3.39. The van der Waals surface area contributed by atoms with Crippen molar-refractivity contribution in [3.63, 3.8) is 0 Å². The lowest BCUT2D eigenvalue weighted by molar-refractivity contribution is -0.115. The fraction of sp³-hybridized carbons (Fsp3) is 0.286. The van der Waals surface area contributed by atoms with Crippen LogP contribution >= 0.6 is 0 Å². The van der Waals surface area contributed by atoms with Crippen molar-refractivity contribution in [1.29, 1.82) is 0 Å². The van der Waals surface area contributed by atoms with E-state index in [0.29, 0.717) is 34.6 Å². The van der Waals surface area contributed by atoms with Crippen LogP contribution in [0.2, 0.25) is 0 Å². The average molecular weight is 410 g/mol. The summed E-state index contributed by atoms with van der Waals surface area (Å²) in [5.74, 6) is -0.0728. The van der Waals surface area contributed by atoms with Gasteiger partial charge in [0.2, 0.25) is 5.91 Å². The molecule has 0 bridgehead atoms. The molecule has 1 saturated heterocycles. The summed E-state index contributed by atoms with van der Waals surface area (Å²) in [5.41, 5.74) is 1.87. The number of H-pyrrole nitrogens is 2. The fourth-order valence-corrected chi connectivity index (χ4v) is 3.25. The molecule has 2 heterocycles. The second kappa shape index (κ2) is 8.83. The van der Waals surface area contributed by atoms with Gasteiger partial charge in [-0.15, -0.1) is 0 Å². The number of rotatable bonds is 7. The van der Waals surface area contributed by atoms with E-state index >= 15 is 0 Å². The molecule has 4 rings (SSSR count). The van der Waals surface area contributed by atoms with E-state index in [2.05, 4.69) is 20.6 Å². The highest BCUT2D eigenvalue weighted by Gasteiger charge is 2.16.